The summed E-state index contributed by atoms with van der Waals surface area (Å²) in [6.07, 6.45) is 1.04. The number of aromatic nitrogens is 1. The Kier molecular flexibility index (Phi) is 6.18. The summed E-state index contributed by atoms with van der Waals surface area (Å²) in [5.41, 5.74) is 2.42. The summed E-state index contributed by atoms with van der Waals surface area (Å²) >= 11 is 1.10. The number of hydrogen-bond acceptors (Lipinski definition) is 6. The van der Waals surface area contributed by atoms with E-state index in [0.717, 1.165) is 37.7 Å². The number of sulfonamides is 1. The van der Waals surface area contributed by atoms with Gasteiger partial charge in [-0.15, -0.1) is 0 Å². The largest absolute Gasteiger partial charge is 0.495 e. The van der Waals surface area contributed by atoms with Crippen molar-refractivity contribution < 1.29 is 17.9 Å². The maximum absolute atomic E-state index is 12.7. The van der Waals surface area contributed by atoms with Crippen LogP contribution in [-0.4, -0.2) is 38.8 Å². The van der Waals surface area contributed by atoms with Crippen LogP contribution < -0.4 is 19.2 Å². The number of rotatable bonds is 7. The Morgan fingerprint density at radius 1 is 1.23 bits per heavy atom. The van der Waals surface area contributed by atoms with Gasteiger partial charge in [-0.1, -0.05) is 17.4 Å². The molecule has 0 unspecified atom stereocenters. The third-order valence-electron chi connectivity index (χ3n) is 4.56. The first kappa shape index (κ1) is 21.8. The van der Waals surface area contributed by atoms with Crippen molar-refractivity contribution in [2.24, 2.45) is 0 Å². The van der Waals surface area contributed by atoms with E-state index in [-0.39, 0.29) is 4.87 Å². The van der Waals surface area contributed by atoms with Crippen molar-refractivity contribution in [1.29, 1.82) is 0 Å². The highest BCUT2D eigenvalue weighted by atomic mass is 32.2. The van der Waals surface area contributed by atoms with Gasteiger partial charge in [0.15, 0.2) is 0 Å². The van der Waals surface area contributed by atoms with Gasteiger partial charge in [0.1, 0.15) is 12.3 Å². The van der Waals surface area contributed by atoms with Gasteiger partial charge < -0.3 is 10.1 Å². The molecule has 0 aliphatic carbocycles. The maximum atomic E-state index is 12.7. The van der Waals surface area contributed by atoms with Crippen LogP contribution in [0.15, 0.2) is 41.2 Å². The maximum Gasteiger partial charge on any atom is 0.308 e. The van der Waals surface area contributed by atoms with Crippen molar-refractivity contribution in [3.8, 4) is 5.75 Å². The fourth-order valence-corrected chi connectivity index (χ4v) is 5.00. The second kappa shape index (κ2) is 8.49. The standard InChI is InChI=1S/C20H23N3O5S2/c1-5-22-15-8-7-14(11-18(15)29-20(22)25)21-19(24)12-23(30(4,26)27)16-10-13(2)6-9-17(16)28-3/h6-11H,5,12H2,1-4H3,(H,21,24). The molecule has 0 atom stereocenters. The molecule has 0 radical (unpaired) electrons. The van der Waals surface area contributed by atoms with Crippen molar-refractivity contribution in [2.75, 3.05) is 29.5 Å². The van der Waals surface area contributed by atoms with Crippen molar-refractivity contribution >= 4 is 48.9 Å². The number of methoxy groups -OCH3 is 1. The normalized spacial score (nSPS) is 11.5. The molecule has 0 aliphatic heterocycles. The van der Waals surface area contributed by atoms with Crippen molar-refractivity contribution in [3.05, 3.63) is 51.6 Å². The second-order valence-corrected chi connectivity index (χ2v) is 9.69. The van der Waals surface area contributed by atoms with Gasteiger partial charge in [-0.3, -0.25) is 18.5 Å². The summed E-state index contributed by atoms with van der Waals surface area (Å²) < 4.78 is 33.5. The molecule has 8 nitrogen and oxygen atoms in total. The molecule has 1 heterocycles. The molecular formula is C20H23N3O5S2. The minimum absolute atomic E-state index is 0.0641. The van der Waals surface area contributed by atoms with Crippen LogP contribution in [0.25, 0.3) is 10.2 Å². The Morgan fingerprint density at radius 3 is 2.60 bits per heavy atom. The van der Waals surface area contributed by atoms with Gasteiger partial charge in [-0.25, -0.2) is 8.42 Å². The van der Waals surface area contributed by atoms with Crippen molar-refractivity contribution in [1.82, 2.24) is 4.57 Å². The third-order valence-corrected chi connectivity index (χ3v) is 6.63. The number of ether oxygens (including phenoxy) is 1. The summed E-state index contributed by atoms with van der Waals surface area (Å²) in [6.45, 7) is 3.87. The third kappa shape index (κ3) is 4.49. The zero-order chi connectivity index (χ0) is 22.1. The molecular weight excluding hydrogens is 426 g/mol. The van der Waals surface area contributed by atoms with Gasteiger partial charge in [0.05, 0.1) is 29.3 Å². The van der Waals surface area contributed by atoms with E-state index in [1.807, 2.05) is 13.8 Å². The molecule has 0 saturated heterocycles. The zero-order valence-corrected chi connectivity index (χ0v) is 18.8. The van der Waals surface area contributed by atoms with Crippen LogP contribution in [0.2, 0.25) is 0 Å². The van der Waals surface area contributed by atoms with E-state index in [1.165, 1.54) is 7.11 Å². The molecule has 0 spiro atoms. The minimum Gasteiger partial charge on any atom is -0.495 e. The number of amides is 1. The Balaban J connectivity index is 1.88. The fourth-order valence-electron chi connectivity index (χ4n) is 3.15. The lowest BCUT2D eigenvalue weighted by Crippen LogP contribution is -2.37. The van der Waals surface area contributed by atoms with E-state index < -0.39 is 22.5 Å². The van der Waals surface area contributed by atoms with E-state index in [2.05, 4.69) is 5.32 Å². The van der Waals surface area contributed by atoms with E-state index in [9.17, 15) is 18.0 Å². The lowest BCUT2D eigenvalue weighted by atomic mass is 10.2. The highest BCUT2D eigenvalue weighted by Gasteiger charge is 2.24. The number of anilines is 2. The monoisotopic (exact) mass is 449 g/mol. The summed E-state index contributed by atoms with van der Waals surface area (Å²) in [7, 11) is -2.30. The van der Waals surface area contributed by atoms with Crippen LogP contribution in [0.3, 0.4) is 0 Å². The first-order valence-corrected chi connectivity index (χ1v) is 11.9. The van der Waals surface area contributed by atoms with Gasteiger partial charge in [-0.05, 0) is 49.7 Å². The van der Waals surface area contributed by atoms with Gasteiger partial charge in [-0.2, -0.15) is 0 Å². The number of thiazole rings is 1. The number of carbonyl (C=O) groups is 1. The number of nitrogens with one attached hydrogen (secondary N) is 1. The quantitative estimate of drug-likeness (QED) is 0.598. The molecule has 1 N–H and O–H groups in total. The van der Waals surface area contributed by atoms with Crippen LogP contribution in [0.1, 0.15) is 12.5 Å². The Morgan fingerprint density at radius 2 is 1.97 bits per heavy atom. The van der Waals surface area contributed by atoms with Gasteiger partial charge in [0.25, 0.3) is 0 Å². The number of aryl methyl sites for hydroxylation is 2. The molecule has 1 aromatic heterocycles. The van der Waals surface area contributed by atoms with E-state index >= 15 is 0 Å². The SMILES string of the molecule is CCn1c(=O)sc2cc(NC(=O)CN(c3cc(C)ccc3OC)S(C)(=O)=O)ccc21. The zero-order valence-electron chi connectivity index (χ0n) is 17.1. The fraction of sp³-hybridized carbons (Fsp3) is 0.300. The molecule has 160 valence electrons. The molecule has 0 bridgehead atoms. The Hall–Kier alpha value is -2.85. The van der Waals surface area contributed by atoms with E-state index in [4.69, 9.17) is 4.74 Å². The summed E-state index contributed by atoms with van der Waals surface area (Å²) in [5, 5.41) is 2.71. The minimum atomic E-state index is -3.75. The second-order valence-electron chi connectivity index (χ2n) is 6.79. The summed E-state index contributed by atoms with van der Waals surface area (Å²) in [5.74, 6) is -0.156. The topological polar surface area (TPSA) is 97.7 Å². The predicted molar refractivity (Wildman–Crippen MR) is 120 cm³/mol. The van der Waals surface area contributed by atoms with Crippen LogP contribution in [-0.2, 0) is 21.4 Å². The lowest BCUT2D eigenvalue weighted by molar-refractivity contribution is -0.114. The summed E-state index contributed by atoms with van der Waals surface area (Å²) in [6, 6.07) is 10.3. The van der Waals surface area contributed by atoms with Crippen LogP contribution >= 0.6 is 11.3 Å². The molecule has 0 aliphatic rings. The molecule has 0 saturated carbocycles. The average Bonchev–Trinajstić information content (AvgIpc) is 2.99. The lowest BCUT2D eigenvalue weighted by Gasteiger charge is -2.24. The highest BCUT2D eigenvalue weighted by molar-refractivity contribution is 7.92. The van der Waals surface area contributed by atoms with E-state index in [0.29, 0.717) is 23.7 Å². The molecule has 3 aromatic rings. The number of nitrogens with zero attached hydrogens (tertiary/aromatic N) is 2. The van der Waals surface area contributed by atoms with Gasteiger partial charge >= 0.3 is 4.87 Å². The Labute approximate surface area is 178 Å². The highest BCUT2D eigenvalue weighted by Crippen LogP contribution is 2.31. The molecule has 2 aromatic carbocycles. The number of hydrogen-bond donors (Lipinski definition) is 1. The van der Waals surface area contributed by atoms with Crippen molar-refractivity contribution in [3.63, 3.8) is 0 Å². The Bertz CT molecular complexity index is 1260. The molecule has 0 fully saturated rings. The molecule has 30 heavy (non-hydrogen) atoms. The van der Waals surface area contributed by atoms with Crippen LogP contribution in [0, 0.1) is 6.92 Å². The van der Waals surface area contributed by atoms with E-state index in [1.54, 1.807) is 41.0 Å². The van der Waals surface area contributed by atoms with Gasteiger partial charge in [0.2, 0.25) is 15.9 Å². The number of carbonyl (C=O) groups excluding carboxylic acids is 1. The summed E-state index contributed by atoms with van der Waals surface area (Å²) in [4.78, 5) is 24.6. The van der Waals surface area contributed by atoms with Crippen molar-refractivity contribution in [2.45, 2.75) is 20.4 Å². The smallest absolute Gasteiger partial charge is 0.308 e. The van der Waals surface area contributed by atoms with Crippen LogP contribution in [0.5, 0.6) is 5.75 Å². The first-order chi connectivity index (χ1) is 14.1. The van der Waals surface area contributed by atoms with Gasteiger partial charge in [0, 0.05) is 12.2 Å². The average molecular weight is 450 g/mol. The number of fused-ring (bicyclic) bond motifs is 1. The molecule has 1 amide bonds. The first-order valence-electron chi connectivity index (χ1n) is 9.19. The molecule has 10 heteroatoms. The number of benzene rings is 2. The molecule has 3 rings (SSSR count). The predicted octanol–water partition coefficient (Wildman–Crippen LogP) is 2.80. The van der Waals surface area contributed by atoms with Crippen LogP contribution in [0.4, 0.5) is 11.4 Å².